The van der Waals surface area contributed by atoms with Gasteiger partial charge < -0.3 is 4.74 Å². The SMILES string of the molecule is COC(=O)c1c(I)c(C)nn1-c1n[nH]c(-c2ccc(Cl)c(Cl)c2)n1. The molecule has 2 heterocycles. The second-order valence-electron chi connectivity index (χ2n) is 4.76. The molecule has 2 aromatic heterocycles. The molecular formula is C14H10Cl2IN5O2. The molecule has 1 aromatic carbocycles. The number of H-pyrrole nitrogens is 1. The predicted molar refractivity (Wildman–Crippen MR) is 97.8 cm³/mol. The quantitative estimate of drug-likeness (QED) is 0.459. The van der Waals surface area contributed by atoms with Crippen molar-refractivity contribution in [3.05, 3.63) is 43.2 Å². The van der Waals surface area contributed by atoms with Crippen LogP contribution in [-0.2, 0) is 4.74 Å². The smallest absolute Gasteiger partial charge is 0.358 e. The van der Waals surface area contributed by atoms with Crippen LogP contribution >= 0.6 is 45.8 Å². The number of hydrogen-bond acceptors (Lipinski definition) is 5. The van der Waals surface area contributed by atoms with Crippen molar-refractivity contribution >= 4 is 51.8 Å². The largest absolute Gasteiger partial charge is 0.464 e. The molecule has 3 rings (SSSR count). The van der Waals surface area contributed by atoms with Crippen LogP contribution in [-0.4, -0.2) is 38.0 Å². The third-order valence-electron chi connectivity index (χ3n) is 3.22. The maximum absolute atomic E-state index is 12.0. The van der Waals surface area contributed by atoms with E-state index < -0.39 is 5.97 Å². The Morgan fingerprint density at radius 1 is 1.33 bits per heavy atom. The first-order valence-electron chi connectivity index (χ1n) is 6.64. The van der Waals surface area contributed by atoms with Gasteiger partial charge in [0.1, 0.15) is 0 Å². The molecule has 0 saturated carbocycles. The molecule has 124 valence electrons. The number of rotatable bonds is 3. The number of halogens is 3. The van der Waals surface area contributed by atoms with Crippen LogP contribution in [0.3, 0.4) is 0 Å². The summed E-state index contributed by atoms with van der Waals surface area (Å²) in [6.07, 6.45) is 0. The number of nitrogens with zero attached hydrogens (tertiary/aromatic N) is 4. The number of ether oxygens (including phenoxy) is 1. The van der Waals surface area contributed by atoms with Crippen LogP contribution in [0.4, 0.5) is 0 Å². The van der Waals surface area contributed by atoms with Gasteiger partial charge in [0.05, 0.1) is 26.4 Å². The molecule has 0 bridgehead atoms. The van der Waals surface area contributed by atoms with E-state index in [1.807, 2.05) is 22.6 Å². The molecule has 0 spiro atoms. The van der Waals surface area contributed by atoms with Crippen molar-refractivity contribution in [3.63, 3.8) is 0 Å². The number of aromatic nitrogens is 5. The van der Waals surface area contributed by atoms with Gasteiger partial charge in [-0.05, 0) is 47.7 Å². The molecule has 0 radical (unpaired) electrons. The lowest BCUT2D eigenvalue weighted by Gasteiger charge is -2.01. The van der Waals surface area contributed by atoms with Gasteiger partial charge in [-0.15, -0.1) is 5.10 Å². The Balaban J connectivity index is 2.07. The molecule has 7 nitrogen and oxygen atoms in total. The monoisotopic (exact) mass is 477 g/mol. The average Bonchev–Trinajstić information content (AvgIpc) is 3.15. The first-order chi connectivity index (χ1) is 11.4. The Labute approximate surface area is 160 Å². The number of carbonyl (C=O) groups excluding carboxylic acids is 1. The lowest BCUT2D eigenvalue weighted by molar-refractivity contribution is 0.0588. The topological polar surface area (TPSA) is 85.7 Å². The molecule has 0 unspecified atom stereocenters. The van der Waals surface area contributed by atoms with E-state index in [4.69, 9.17) is 27.9 Å². The predicted octanol–water partition coefficient (Wildman–Crippen LogP) is 3.66. The zero-order valence-electron chi connectivity index (χ0n) is 12.5. The van der Waals surface area contributed by atoms with Crippen molar-refractivity contribution in [1.29, 1.82) is 0 Å². The summed E-state index contributed by atoms with van der Waals surface area (Å²) in [5, 5.41) is 12.1. The van der Waals surface area contributed by atoms with E-state index >= 15 is 0 Å². The van der Waals surface area contributed by atoms with Gasteiger partial charge in [0, 0.05) is 5.56 Å². The number of esters is 1. The normalized spacial score (nSPS) is 10.9. The second kappa shape index (κ2) is 6.69. The Morgan fingerprint density at radius 3 is 2.75 bits per heavy atom. The van der Waals surface area contributed by atoms with E-state index in [0.717, 1.165) is 0 Å². The molecular weight excluding hydrogens is 468 g/mol. The molecule has 0 amide bonds. The number of benzene rings is 1. The molecule has 0 fully saturated rings. The summed E-state index contributed by atoms with van der Waals surface area (Å²) in [4.78, 5) is 16.4. The Morgan fingerprint density at radius 2 is 2.08 bits per heavy atom. The molecule has 0 aliphatic carbocycles. The molecule has 0 atom stereocenters. The van der Waals surface area contributed by atoms with Gasteiger partial charge in [-0.2, -0.15) is 14.8 Å². The number of aryl methyl sites for hydroxylation is 1. The number of methoxy groups -OCH3 is 1. The summed E-state index contributed by atoms with van der Waals surface area (Å²) >= 11 is 14.0. The van der Waals surface area contributed by atoms with Crippen LogP contribution in [0.1, 0.15) is 16.2 Å². The highest BCUT2D eigenvalue weighted by Gasteiger charge is 2.24. The van der Waals surface area contributed by atoms with Crippen LogP contribution in [0.2, 0.25) is 10.0 Å². The van der Waals surface area contributed by atoms with Gasteiger partial charge in [-0.3, -0.25) is 5.10 Å². The van der Waals surface area contributed by atoms with E-state index in [0.29, 0.717) is 30.7 Å². The van der Waals surface area contributed by atoms with Crippen molar-refractivity contribution in [2.75, 3.05) is 7.11 Å². The van der Waals surface area contributed by atoms with Gasteiger partial charge in [0.25, 0.3) is 5.95 Å². The lowest BCUT2D eigenvalue weighted by Crippen LogP contribution is -2.12. The number of carbonyl (C=O) groups is 1. The number of hydrogen-bond donors (Lipinski definition) is 1. The highest BCUT2D eigenvalue weighted by atomic mass is 127. The highest BCUT2D eigenvalue weighted by Crippen LogP contribution is 2.27. The van der Waals surface area contributed by atoms with Crippen LogP contribution in [0, 0.1) is 10.5 Å². The maximum Gasteiger partial charge on any atom is 0.358 e. The Hall–Kier alpha value is -1.65. The van der Waals surface area contributed by atoms with E-state index in [9.17, 15) is 4.79 Å². The lowest BCUT2D eigenvalue weighted by atomic mass is 10.2. The number of aromatic amines is 1. The maximum atomic E-state index is 12.0. The minimum Gasteiger partial charge on any atom is -0.464 e. The summed E-state index contributed by atoms with van der Waals surface area (Å²) in [7, 11) is 1.31. The zero-order chi connectivity index (χ0) is 17.4. The fourth-order valence-electron chi connectivity index (χ4n) is 2.05. The third kappa shape index (κ3) is 3.01. The summed E-state index contributed by atoms with van der Waals surface area (Å²) in [5.41, 5.74) is 1.66. The van der Waals surface area contributed by atoms with Crippen LogP contribution in [0.15, 0.2) is 18.2 Å². The summed E-state index contributed by atoms with van der Waals surface area (Å²) in [6, 6.07) is 5.10. The first-order valence-corrected chi connectivity index (χ1v) is 8.47. The van der Waals surface area contributed by atoms with Gasteiger partial charge in [-0.1, -0.05) is 23.2 Å². The molecule has 3 aromatic rings. The van der Waals surface area contributed by atoms with Gasteiger partial charge >= 0.3 is 5.97 Å². The van der Waals surface area contributed by atoms with Gasteiger partial charge in [0.15, 0.2) is 11.5 Å². The average molecular weight is 478 g/mol. The van der Waals surface area contributed by atoms with E-state index in [1.54, 1.807) is 25.1 Å². The Bertz CT molecular complexity index is 937. The standard InChI is InChI=1S/C14H10Cl2IN5O2/c1-6-10(17)11(13(23)24-2)22(21-6)14-18-12(19-20-14)7-3-4-8(15)9(16)5-7/h3-5H,1-2H3,(H,18,19,20). The van der Waals surface area contributed by atoms with Crippen molar-refractivity contribution in [3.8, 4) is 17.3 Å². The molecule has 24 heavy (non-hydrogen) atoms. The van der Waals surface area contributed by atoms with Crippen molar-refractivity contribution in [2.24, 2.45) is 0 Å². The van der Waals surface area contributed by atoms with Gasteiger partial charge in [-0.25, -0.2) is 4.79 Å². The van der Waals surface area contributed by atoms with E-state index in [2.05, 4.69) is 20.3 Å². The molecule has 10 heteroatoms. The summed E-state index contributed by atoms with van der Waals surface area (Å²) in [5.74, 6) is 0.186. The zero-order valence-corrected chi connectivity index (χ0v) is 16.1. The van der Waals surface area contributed by atoms with Crippen molar-refractivity contribution < 1.29 is 9.53 Å². The fraction of sp³-hybridized carbons (Fsp3) is 0.143. The Kier molecular flexibility index (Phi) is 4.79. The van der Waals surface area contributed by atoms with Crippen LogP contribution in [0.5, 0.6) is 0 Å². The fourth-order valence-corrected chi connectivity index (χ4v) is 2.90. The molecule has 1 N–H and O–H groups in total. The summed E-state index contributed by atoms with van der Waals surface area (Å²) in [6.45, 7) is 1.79. The summed E-state index contributed by atoms with van der Waals surface area (Å²) < 4.78 is 6.84. The van der Waals surface area contributed by atoms with Crippen molar-refractivity contribution in [2.45, 2.75) is 6.92 Å². The van der Waals surface area contributed by atoms with E-state index in [-0.39, 0.29) is 11.6 Å². The second-order valence-corrected chi connectivity index (χ2v) is 6.66. The van der Waals surface area contributed by atoms with Crippen LogP contribution in [0.25, 0.3) is 17.3 Å². The molecule has 0 aliphatic rings. The van der Waals surface area contributed by atoms with E-state index in [1.165, 1.54) is 11.8 Å². The minimum absolute atomic E-state index is 0.225. The van der Waals surface area contributed by atoms with Crippen molar-refractivity contribution in [1.82, 2.24) is 25.0 Å². The molecule has 0 saturated heterocycles. The third-order valence-corrected chi connectivity index (χ3v) is 5.25. The number of nitrogens with one attached hydrogen (secondary N) is 1. The first kappa shape index (κ1) is 17.2. The highest BCUT2D eigenvalue weighted by molar-refractivity contribution is 14.1. The van der Waals surface area contributed by atoms with Gasteiger partial charge in [0.2, 0.25) is 0 Å². The van der Waals surface area contributed by atoms with Crippen LogP contribution < -0.4 is 0 Å². The minimum atomic E-state index is -0.513. The molecule has 0 aliphatic heterocycles.